The van der Waals surface area contributed by atoms with Crippen molar-refractivity contribution in [1.82, 2.24) is 5.32 Å². The van der Waals surface area contributed by atoms with Crippen molar-refractivity contribution in [1.29, 1.82) is 0 Å². The second-order valence-corrected chi connectivity index (χ2v) is 5.05. The zero-order valence-corrected chi connectivity index (χ0v) is 9.72. The van der Waals surface area contributed by atoms with Gasteiger partial charge in [0.25, 0.3) is 0 Å². The Morgan fingerprint density at radius 3 is 3.12 bits per heavy atom. The molecule has 1 aromatic rings. The van der Waals surface area contributed by atoms with Crippen molar-refractivity contribution in [3.8, 4) is 0 Å². The second kappa shape index (κ2) is 3.85. The highest BCUT2D eigenvalue weighted by Crippen LogP contribution is 2.48. The number of hydrogen-bond acceptors (Lipinski definition) is 1. The van der Waals surface area contributed by atoms with Gasteiger partial charge in [-0.25, -0.2) is 4.39 Å². The van der Waals surface area contributed by atoms with Crippen molar-refractivity contribution >= 4 is 0 Å². The fourth-order valence-corrected chi connectivity index (χ4v) is 3.32. The minimum Gasteiger partial charge on any atom is -0.310 e. The predicted molar refractivity (Wildman–Crippen MR) is 63.1 cm³/mol. The average molecular weight is 219 g/mol. The lowest BCUT2D eigenvalue weighted by Crippen LogP contribution is -2.20. The molecule has 0 saturated heterocycles. The third-order valence-corrected chi connectivity index (χ3v) is 3.97. The summed E-state index contributed by atoms with van der Waals surface area (Å²) in [5, 5.41) is 3.54. The number of rotatable bonds is 3. The lowest BCUT2D eigenvalue weighted by atomic mass is 10.0. The molecule has 86 valence electrons. The molecule has 0 heterocycles. The average Bonchev–Trinajstić information content (AvgIpc) is 2.81. The van der Waals surface area contributed by atoms with Gasteiger partial charge >= 0.3 is 0 Å². The van der Waals surface area contributed by atoms with Crippen LogP contribution in [0.2, 0.25) is 0 Å². The molecule has 2 aliphatic rings. The van der Waals surface area contributed by atoms with E-state index in [-0.39, 0.29) is 5.82 Å². The van der Waals surface area contributed by atoms with Crippen LogP contribution in [0.25, 0.3) is 0 Å². The third-order valence-electron chi connectivity index (χ3n) is 3.97. The Labute approximate surface area is 96.1 Å². The van der Waals surface area contributed by atoms with E-state index in [0.717, 1.165) is 19.4 Å². The van der Waals surface area contributed by atoms with E-state index < -0.39 is 0 Å². The van der Waals surface area contributed by atoms with Crippen LogP contribution >= 0.6 is 0 Å². The Bertz CT molecular complexity index is 413. The molecule has 1 N–H and O–H groups in total. The molecular weight excluding hydrogens is 201 g/mol. The number of nitrogens with one attached hydrogen (secondary N) is 1. The molecule has 0 fully saturated rings. The topological polar surface area (TPSA) is 12.0 Å². The van der Waals surface area contributed by atoms with Crippen LogP contribution in [0.4, 0.5) is 4.39 Å². The first-order chi connectivity index (χ1) is 7.79. The summed E-state index contributed by atoms with van der Waals surface area (Å²) < 4.78 is 13.5. The molecular formula is C14H18FN. The molecule has 16 heavy (non-hydrogen) atoms. The van der Waals surface area contributed by atoms with Crippen molar-refractivity contribution in [2.45, 2.75) is 44.6 Å². The molecule has 2 heteroatoms. The highest BCUT2D eigenvalue weighted by atomic mass is 19.1. The third kappa shape index (κ3) is 1.47. The molecule has 1 nitrogen and oxygen atoms in total. The molecule has 2 unspecified atom stereocenters. The van der Waals surface area contributed by atoms with Gasteiger partial charge < -0.3 is 5.32 Å². The Kier molecular flexibility index (Phi) is 2.47. The summed E-state index contributed by atoms with van der Waals surface area (Å²) in [5.41, 5.74) is 3.97. The summed E-state index contributed by atoms with van der Waals surface area (Å²) >= 11 is 0. The van der Waals surface area contributed by atoms with E-state index >= 15 is 0 Å². The summed E-state index contributed by atoms with van der Waals surface area (Å²) in [4.78, 5) is 0. The van der Waals surface area contributed by atoms with Crippen LogP contribution in [0.3, 0.4) is 0 Å². The molecule has 0 radical (unpaired) electrons. The van der Waals surface area contributed by atoms with Crippen molar-refractivity contribution in [2.75, 3.05) is 6.54 Å². The van der Waals surface area contributed by atoms with Crippen LogP contribution < -0.4 is 5.32 Å². The molecule has 1 aromatic carbocycles. The molecule has 2 aliphatic carbocycles. The number of benzene rings is 1. The van der Waals surface area contributed by atoms with Gasteiger partial charge in [0.1, 0.15) is 5.82 Å². The molecule has 0 aromatic heterocycles. The Balaban J connectivity index is 1.96. The smallest absolute Gasteiger partial charge is 0.123 e. The van der Waals surface area contributed by atoms with E-state index in [4.69, 9.17) is 0 Å². The fraction of sp³-hybridized carbons (Fsp3) is 0.571. The van der Waals surface area contributed by atoms with Crippen molar-refractivity contribution in [3.05, 3.63) is 34.6 Å². The molecule has 3 rings (SSSR count). The molecule has 0 amide bonds. The minimum atomic E-state index is -0.0559. The first-order valence-electron chi connectivity index (χ1n) is 6.35. The second-order valence-electron chi connectivity index (χ2n) is 5.05. The SMILES string of the molecule is CCCNC1CC2CCc3cc(F)cc1c32. The molecule has 0 bridgehead atoms. The van der Waals surface area contributed by atoms with Gasteiger partial charge in [0.05, 0.1) is 0 Å². The van der Waals surface area contributed by atoms with Gasteiger partial charge in [-0.1, -0.05) is 6.92 Å². The maximum Gasteiger partial charge on any atom is 0.123 e. The highest BCUT2D eigenvalue weighted by molar-refractivity contribution is 5.47. The Morgan fingerprint density at radius 1 is 1.44 bits per heavy atom. The standard InChI is InChI=1S/C14H18FN/c1-2-5-16-13-7-10-4-3-9-6-11(15)8-12(13)14(9)10/h6,8,10,13,16H,2-5,7H2,1H3. The maximum atomic E-state index is 13.5. The van der Waals surface area contributed by atoms with Crippen LogP contribution in [-0.2, 0) is 6.42 Å². The van der Waals surface area contributed by atoms with Crippen LogP contribution in [0.1, 0.15) is 54.8 Å². The fourth-order valence-electron chi connectivity index (χ4n) is 3.32. The Morgan fingerprint density at radius 2 is 2.31 bits per heavy atom. The van der Waals surface area contributed by atoms with Crippen molar-refractivity contribution in [2.24, 2.45) is 0 Å². The molecule has 2 atom stereocenters. The van der Waals surface area contributed by atoms with E-state index in [2.05, 4.69) is 12.2 Å². The van der Waals surface area contributed by atoms with Crippen LogP contribution in [0.5, 0.6) is 0 Å². The highest BCUT2D eigenvalue weighted by Gasteiger charge is 2.36. The zero-order valence-electron chi connectivity index (χ0n) is 9.72. The first kappa shape index (κ1) is 10.3. The van der Waals surface area contributed by atoms with Gasteiger partial charge in [-0.3, -0.25) is 0 Å². The van der Waals surface area contributed by atoms with E-state index in [1.54, 1.807) is 12.1 Å². The van der Waals surface area contributed by atoms with E-state index in [1.807, 2.05) is 0 Å². The maximum absolute atomic E-state index is 13.5. The largest absolute Gasteiger partial charge is 0.310 e. The summed E-state index contributed by atoms with van der Waals surface area (Å²) in [6.45, 7) is 3.20. The van der Waals surface area contributed by atoms with Crippen LogP contribution in [0, 0.1) is 5.82 Å². The van der Waals surface area contributed by atoms with Gasteiger partial charge in [-0.2, -0.15) is 0 Å². The van der Waals surface area contributed by atoms with Crippen molar-refractivity contribution < 1.29 is 4.39 Å². The zero-order chi connectivity index (χ0) is 11.1. The lowest BCUT2D eigenvalue weighted by molar-refractivity contribution is 0.485. The first-order valence-corrected chi connectivity index (χ1v) is 6.35. The number of aryl methyl sites for hydroxylation is 1. The molecule has 0 spiro atoms. The van der Waals surface area contributed by atoms with Crippen molar-refractivity contribution in [3.63, 3.8) is 0 Å². The van der Waals surface area contributed by atoms with Gasteiger partial charge in [0.2, 0.25) is 0 Å². The minimum absolute atomic E-state index is 0.0559. The van der Waals surface area contributed by atoms with Gasteiger partial charge in [0, 0.05) is 6.04 Å². The normalized spacial score (nSPS) is 26.1. The lowest BCUT2D eigenvalue weighted by Gasteiger charge is -2.15. The Hall–Kier alpha value is -0.890. The van der Waals surface area contributed by atoms with Gasteiger partial charge in [0.15, 0.2) is 0 Å². The van der Waals surface area contributed by atoms with E-state index in [1.165, 1.54) is 29.5 Å². The monoisotopic (exact) mass is 219 g/mol. The van der Waals surface area contributed by atoms with Crippen LogP contribution in [-0.4, -0.2) is 6.54 Å². The predicted octanol–water partition coefficient (Wildman–Crippen LogP) is 3.30. The van der Waals surface area contributed by atoms with Crippen LogP contribution in [0.15, 0.2) is 12.1 Å². The molecule has 0 aliphatic heterocycles. The summed E-state index contributed by atoms with van der Waals surface area (Å²) in [6.07, 6.45) is 4.60. The van der Waals surface area contributed by atoms with Gasteiger partial charge in [-0.15, -0.1) is 0 Å². The molecule has 0 saturated carbocycles. The summed E-state index contributed by atoms with van der Waals surface area (Å²) in [6, 6.07) is 3.88. The number of halogens is 1. The number of hydrogen-bond donors (Lipinski definition) is 1. The quantitative estimate of drug-likeness (QED) is 0.822. The summed E-state index contributed by atoms with van der Waals surface area (Å²) in [5.74, 6) is 0.638. The summed E-state index contributed by atoms with van der Waals surface area (Å²) in [7, 11) is 0. The van der Waals surface area contributed by atoms with Gasteiger partial charge in [-0.05, 0) is 67.0 Å². The van der Waals surface area contributed by atoms with E-state index in [9.17, 15) is 4.39 Å². The van der Waals surface area contributed by atoms with E-state index in [0.29, 0.717) is 12.0 Å².